The fourth-order valence-corrected chi connectivity index (χ4v) is 14.1. The topological polar surface area (TPSA) is 153 Å². The monoisotopic (exact) mass is 826 g/mol. The molecule has 7 bridgehead atoms. The molecule has 5 saturated carbocycles. The van der Waals surface area contributed by atoms with E-state index in [2.05, 4.69) is 30.9 Å². The summed E-state index contributed by atoms with van der Waals surface area (Å²) in [7, 11) is 6.40. The minimum atomic E-state index is -1.85. The maximum absolute atomic E-state index is 14.5. The van der Waals surface area contributed by atoms with E-state index < -0.39 is 88.3 Å². The van der Waals surface area contributed by atoms with Crippen LogP contribution in [-0.4, -0.2) is 134 Å². The number of esters is 2. The lowest BCUT2D eigenvalue weighted by atomic mass is 9.42. The van der Waals surface area contributed by atoms with E-state index >= 15 is 0 Å². The number of aliphatic hydroxyl groups is 3. The van der Waals surface area contributed by atoms with Crippen LogP contribution in [0.25, 0.3) is 0 Å². The number of likely N-dealkylation sites (tertiary alicyclic amines) is 1. The number of aliphatic hydroxyl groups excluding tert-OH is 2. The zero-order valence-electron chi connectivity index (χ0n) is 36.3. The molecular weight excluding hydrogens is 755 g/mol. The quantitative estimate of drug-likeness (QED) is 0.0816. The minimum absolute atomic E-state index is 0.0839. The van der Waals surface area contributed by atoms with Gasteiger partial charge in [0.15, 0.2) is 5.60 Å². The number of hydrogen-bond donors (Lipinski definition) is 3. The van der Waals surface area contributed by atoms with Crippen LogP contribution >= 0.6 is 0 Å². The van der Waals surface area contributed by atoms with Crippen LogP contribution in [-0.2, 0) is 33.2 Å². The molecule has 0 amide bonds. The molecule has 12 heteroatoms. The van der Waals surface area contributed by atoms with Crippen LogP contribution in [0.4, 0.5) is 0 Å². The lowest BCUT2D eigenvalue weighted by Gasteiger charge is -2.70. The first kappa shape index (κ1) is 44.6. The number of piperidine rings is 1. The average molecular weight is 826 g/mol. The number of carbonyl (C=O) groups excluding carboxylic acids is 2. The fraction of sp³-hybridized carbons (Fsp3) is 0.787. The van der Waals surface area contributed by atoms with Crippen LogP contribution in [0.5, 0.6) is 0 Å². The van der Waals surface area contributed by atoms with E-state index in [1.807, 2.05) is 6.07 Å². The first-order valence-corrected chi connectivity index (χ1v) is 22.6. The largest absolute Gasteiger partial charge is 0.455 e. The van der Waals surface area contributed by atoms with Crippen molar-refractivity contribution in [3.8, 4) is 0 Å². The van der Waals surface area contributed by atoms with Gasteiger partial charge in [0.05, 0.1) is 30.5 Å². The van der Waals surface area contributed by atoms with Gasteiger partial charge in [0.1, 0.15) is 23.9 Å². The molecule has 1 saturated heterocycles. The molecule has 3 N–H and O–H groups in total. The van der Waals surface area contributed by atoms with Crippen molar-refractivity contribution in [1.29, 1.82) is 0 Å². The fourth-order valence-electron chi connectivity index (χ4n) is 14.1. The Kier molecular flexibility index (Phi) is 13.7. The molecule has 12 nitrogen and oxygen atoms in total. The van der Waals surface area contributed by atoms with Crippen molar-refractivity contribution in [2.75, 3.05) is 48.1 Å². The predicted octanol–water partition coefficient (Wildman–Crippen LogP) is 5.50. The Balaban J connectivity index is 1.27. The molecule has 1 aliphatic heterocycles. The predicted molar refractivity (Wildman–Crippen MR) is 220 cm³/mol. The number of rotatable bonds is 21. The highest BCUT2D eigenvalue weighted by Gasteiger charge is 2.92. The van der Waals surface area contributed by atoms with Gasteiger partial charge in [-0.2, -0.15) is 0 Å². The zero-order chi connectivity index (χ0) is 42.2. The van der Waals surface area contributed by atoms with Crippen molar-refractivity contribution in [1.82, 2.24) is 4.90 Å². The Morgan fingerprint density at radius 3 is 2.20 bits per heavy atom. The second kappa shape index (κ2) is 18.1. The Hall–Kier alpha value is -2.42. The Morgan fingerprint density at radius 1 is 0.864 bits per heavy atom. The number of carbonyl (C=O) groups is 2. The summed E-state index contributed by atoms with van der Waals surface area (Å²) in [5.41, 5.74) is -4.84. The highest BCUT2D eigenvalue weighted by molar-refractivity contribution is 5.89. The van der Waals surface area contributed by atoms with E-state index in [1.54, 1.807) is 45.6 Å². The van der Waals surface area contributed by atoms with Crippen LogP contribution in [0, 0.1) is 34.5 Å². The maximum atomic E-state index is 14.5. The zero-order valence-corrected chi connectivity index (χ0v) is 36.3. The SMILES string of the molecule is CCCC/C=C\CCCCCCCCC(=O)O[C@]12[C@H]3[C@@H](OC(=O)c4ccccc4)[C@@](O)(C[C@H]3[C@@]34C(OC)C[C@@H](O)[C@@]5(COC)CN(CC)[C@@H]3[C@@H]1[C@H](OC)[C@H]54)[C@@H](OC)[C@@H]2O. The van der Waals surface area contributed by atoms with Gasteiger partial charge >= 0.3 is 11.9 Å². The molecule has 0 radical (unpaired) electrons. The van der Waals surface area contributed by atoms with Crippen molar-refractivity contribution in [2.45, 2.75) is 151 Å². The number of unbranched alkanes of at least 4 members (excludes halogenated alkanes) is 8. The number of allylic oxidation sites excluding steroid dienone is 2. The highest BCUT2D eigenvalue weighted by Crippen LogP contribution is 2.80. The second-order valence-corrected chi connectivity index (χ2v) is 18.6. The first-order chi connectivity index (χ1) is 28.5. The van der Waals surface area contributed by atoms with E-state index in [-0.39, 0.29) is 31.4 Å². The lowest BCUT2D eigenvalue weighted by Crippen LogP contribution is -2.81. The molecule has 6 aliphatic rings. The van der Waals surface area contributed by atoms with E-state index in [1.165, 1.54) is 20.0 Å². The summed E-state index contributed by atoms with van der Waals surface area (Å²) in [6, 6.07) is 8.30. The van der Waals surface area contributed by atoms with Crippen LogP contribution in [0.2, 0.25) is 0 Å². The Bertz CT molecular complexity index is 1630. The average Bonchev–Trinajstić information content (AvgIpc) is 3.61. The maximum Gasteiger partial charge on any atom is 0.338 e. The summed E-state index contributed by atoms with van der Waals surface area (Å²) in [6.45, 7) is 5.63. The molecule has 1 spiro atoms. The highest BCUT2D eigenvalue weighted by atomic mass is 16.6. The first-order valence-electron chi connectivity index (χ1n) is 22.6. The second-order valence-electron chi connectivity index (χ2n) is 18.6. The summed E-state index contributed by atoms with van der Waals surface area (Å²) in [5, 5.41) is 38.3. The summed E-state index contributed by atoms with van der Waals surface area (Å²) >= 11 is 0. The summed E-state index contributed by atoms with van der Waals surface area (Å²) in [5.74, 6) is -3.50. The standard InChI is InChI=1S/C47H71NO11/c1-7-9-10-11-12-13-14-15-16-17-18-22-25-34(50)59-47-35-31(27-45(53,42(57-6)40(47)51)41(35)58-43(52)30-23-20-19-21-24-30)46-33(55-4)26-32(49)44(29-54-3)28-48(8-2)39(46)36(47)37(56-5)38(44)46/h11-12,19-21,23-24,31-33,35-42,49,51,53H,7-10,13-18,22,25-29H2,1-6H3/b12-11-/t31-,32-,33?,35-,36+,37+,38-,39-,40+,41-,42+,44+,45+,46+,47-/m1/s1. The third-order valence-electron chi connectivity index (χ3n) is 16.0. The molecule has 1 heterocycles. The van der Waals surface area contributed by atoms with E-state index in [9.17, 15) is 24.9 Å². The van der Waals surface area contributed by atoms with Crippen molar-refractivity contribution in [3.63, 3.8) is 0 Å². The van der Waals surface area contributed by atoms with Gasteiger partial charge in [0.2, 0.25) is 0 Å². The number of fused-ring (bicyclic) bond motifs is 2. The molecule has 7 rings (SSSR count). The molecule has 15 atom stereocenters. The third-order valence-corrected chi connectivity index (χ3v) is 16.0. The molecule has 0 aromatic heterocycles. The van der Waals surface area contributed by atoms with Crippen molar-refractivity contribution in [2.24, 2.45) is 34.5 Å². The van der Waals surface area contributed by atoms with Crippen LogP contribution in [0.1, 0.15) is 108 Å². The van der Waals surface area contributed by atoms with Gasteiger partial charge in [-0.1, -0.05) is 82.7 Å². The Labute approximate surface area is 351 Å². The van der Waals surface area contributed by atoms with Gasteiger partial charge in [-0.25, -0.2) is 4.79 Å². The van der Waals surface area contributed by atoms with Crippen LogP contribution in [0.3, 0.4) is 0 Å². The van der Waals surface area contributed by atoms with Gasteiger partial charge in [0.25, 0.3) is 0 Å². The summed E-state index contributed by atoms with van der Waals surface area (Å²) < 4.78 is 38.6. The minimum Gasteiger partial charge on any atom is -0.455 e. The number of benzene rings is 1. The third kappa shape index (κ3) is 6.85. The number of methoxy groups -OCH3 is 4. The van der Waals surface area contributed by atoms with Gasteiger partial charge < -0.3 is 43.7 Å². The van der Waals surface area contributed by atoms with Crippen molar-refractivity contribution < 1.29 is 53.3 Å². The van der Waals surface area contributed by atoms with Gasteiger partial charge in [-0.3, -0.25) is 9.69 Å². The smallest absolute Gasteiger partial charge is 0.338 e. The van der Waals surface area contributed by atoms with Crippen LogP contribution < -0.4 is 0 Å². The molecule has 330 valence electrons. The van der Waals surface area contributed by atoms with Crippen molar-refractivity contribution in [3.05, 3.63) is 48.0 Å². The molecule has 59 heavy (non-hydrogen) atoms. The molecule has 6 fully saturated rings. The van der Waals surface area contributed by atoms with E-state index in [4.69, 9.17) is 28.4 Å². The van der Waals surface area contributed by atoms with Gasteiger partial charge in [0, 0.05) is 82.5 Å². The van der Waals surface area contributed by atoms with Gasteiger partial charge in [-0.05, 0) is 56.7 Å². The van der Waals surface area contributed by atoms with Gasteiger partial charge in [-0.15, -0.1) is 0 Å². The van der Waals surface area contributed by atoms with E-state index in [0.717, 1.165) is 44.9 Å². The molecule has 1 aromatic rings. The van der Waals surface area contributed by atoms with E-state index in [0.29, 0.717) is 31.5 Å². The number of nitrogens with zero attached hydrogens (tertiary/aromatic N) is 1. The van der Waals surface area contributed by atoms with Crippen molar-refractivity contribution >= 4 is 11.9 Å². The molecular formula is C47H71NO11. The molecule has 1 unspecified atom stereocenters. The number of hydrogen-bond acceptors (Lipinski definition) is 12. The van der Waals surface area contributed by atoms with Crippen LogP contribution in [0.15, 0.2) is 42.5 Å². The lowest BCUT2D eigenvalue weighted by molar-refractivity contribution is -0.323. The summed E-state index contributed by atoms with van der Waals surface area (Å²) in [6.07, 6.45) is 9.80. The molecule has 5 aliphatic carbocycles. The summed E-state index contributed by atoms with van der Waals surface area (Å²) in [4.78, 5) is 31.0. The normalized spacial score (nSPS) is 41.7. The molecule has 1 aromatic carbocycles. The Morgan fingerprint density at radius 2 is 1.56 bits per heavy atom. The number of ether oxygens (including phenoxy) is 6.